The Labute approximate surface area is 128 Å². The molecule has 1 aliphatic rings. The van der Waals surface area contributed by atoms with Crippen molar-refractivity contribution in [1.82, 2.24) is 4.98 Å². The summed E-state index contributed by atoms with van der Waals surface area (Å²) in [4.78, 5) is 19.0. The van der Waals surface area contributed by atoms with Gasteiger partial charge in [-0.1, -0.05) is 18.2 Å². The maximum atomic E-state index is 13.8. The van der Waals surface area contributed by atoms with Gasteiger partial charge < -0.3 is 5.11 Å². The lowest BCUT2D eigenvalue weighted by Gasteiger charge is -2.33. The number of aromatic nitrogens is 1. The summed E-state index contributed by atoms with van der Waals surface area (Å²) in [5.74, 6) is -1.28. The van der Waals surface area contributed by atoms with E-state index in [9.17, 15) is 18.0 Å². The molecule has 23 heavy (non-hydrogen) atoms. The van der Waals surface area contributed by atoms with Gasteiger partial charge >= 0.3 is 12.1 Å². The van der Waals surface area contributed by atoms with E-state index in [2.05, 4.69) is 9.98 Å². The van der Waals surface area contributed by atoms with Crippen LogP contribution in [0.3, 0.4) is 0 Å². The molecule has 4 nitrogen and oxygen atoms in total. The van der Waals surface area contributed by atoms with Crippen molar-refractivity contribution in [2.24, 2.45) is 4.99 Å². The van der Waals surface area contributed by atoms with Crippen molar-refractivity contribution in [3.8, 4) is 0 Å². The van der Waals surface area contributed by atoms with E-state index in [0.717, 1.165) is 12.1 Å². The van der Waals surface area contributed by atoms with Crippen LogP contribution >= 0.6 is 0 Å². The van der Waals surface area contributed by atoms with Crippen LogP contribution < -0.4 is 10.7 Å². The molecule has 118 valence electrons. The van der Waals surface area contributed by atoms with Crippen molar-refractivity contribution in [1.29, 1.82) is 0 Å². The number of carboxylic acid groups (broad SMARTS) is 1. The van der Waals surface area contributed by atoms with E-state index in [1.165, 1.54) is 36.5 Å². The molecule has 0 spiro atoms. The summed E-state index contributed by atoms with van der Waals surface area (Å²) in [5, 5.41) is 9.30. The number of fused-ring (bicyclic) bond motifs is 1. The largest absolute Gasteiger partial charge is 0.478 e. The molecule has 2 aromatic rings. The number of hydrogen-bond acceptors (Lipinski definition) is 3. The van der Waals surface area contributed by atoms with Gasteiger partial charge in [0.2, 0.25) is 0 Å². The molecule has 1 aromatic carbocycles. The maximum absolute atomic E-state index is 13.8. The van der Waals surface area contributed by atoms with Crippen molar-refractivity contribution in [2.75, 3.05) is 6.54 Å². The third-order valence-corrected chi connectivity index (χ3v) is 3.83. The van der Waals surface area contributed by atoms with Crippen molar-refractivity contribution in [3.63, 3.8) is 0 Å². The Morgan fingerprint density at radius 3 is 2.70 bits per heavy atom. The zero-order chi connectivity index (χ0) is 16.7. The molecule has 1 N–H and O–H groups in total. The van der Waals surface area contributed by atoms with Crippen molar-refractivity contribution in [3.05, 3.63) is 64.4 Å². The van der Waals surface area contributed by atoms with Crippen LogP contribution in [-0.2, 0) is 5.41 Å². The van der Waals surface area contributed by atoms with E-state index < -0.39 is 24.1 Å². The minimum absolute atomic E-state index is 0.150. The van der Waals surface area contributed by atoms with Gasteiger partial charge in [0, 0.05) is 11.4 Å². The van der Waals surface area contributed by atoms with E-state index in [-0.39, 0.29) is 21.8 Å². The predicted octanol–water partition coefficient (Wildman–Crippen LogP) is 1.69. The smallest absolute Gasteiger partial charge is 0.403 e. The summed E-state index contributed by atoms with van der Waals surface area (Å²) >= 11 is 0. The number of halogens is 3. The number of hydrogen-bond donors (Lipinski definition) is 1. The number of aromatic carboxylic acids is 1. The Morgan fingerprint density at radius 2 is 2.00 bits per heavy atom. The van der Waals surface area contributed by atoms with Gasteiger partial charge in [-0.15, -0.1) is 0 Å². The number of carbonyl (C=O) groups is 1. The Kier molecular flexibility index (Phi) is 3.43. The average molecular weight is 320 g/mol. The van der Waals surface area contributed by atoms with Crippen LogP contribution in [0.1, 0.15) is 15.9 Å². The van der Waals surface area contributed by atoms with Gasteiger partial charge in [-0.05, 0) is 29.8 Å². The highest BCUT2D eigenvalue weighted by molar-refractivity contribution is 5.88. The fourth-order valence-electron chi connectivity index (χ4n) is 2.60. The van der Waals surface area contributed by atoms with Gasteiger partial charge in [0.25, 0.3) is 0 Å². The molecular formula is C16H11F3N2O2. The minimum Gasteiger partial charge on any atom is -0.478 e. The van der Waals surface area contributed by atoms with Crippen molar-refractivity contribution < 1.29 is 23.1 Å². The molecule has 0 fully saturated rings. The molecule has 7 heteroatoms. The minimum atomic E-state index is -4.62. The number of alkyl halides is 3. The highest BCUT2D eigenvalue weighted by Crippen LogP contribution is 2.43. The molecular weight excluding hydrogens is 309 g/mol. The Morgan fingerprint density at radius 1 is 1.22 bits per heavy atom. The zero-order valence-corrected chi connectivity index (χ0v) is 11.7. The second-order valence-corrected chi connectivity index (χ2v) is 5.23. The quantitative estimate of drug-likeness (QED) is 0.916. The summed E-state index contributed by atoms with van der Waals surface area (Å²) in [6.07, 6.45) is -2.09. The molecule has 1 atom stereocenters. The van der Waals surface area contributed by atoms with Crippen LogP contribution in [0, 0.1) is 0 Å². The fourth-order valence-corrected chi connectivity index (χ4v) is 2.60. The monoisotopic (exact) mass is 320 g/mol. The third-order valence-electron chi connectivity index (χ3n) is 3.83. The molecule has 0 saturated heterocycles. The van der Waals surface area contributed by atoms with Crippen LogP contribution in [0.2, 0.25) is 0 Å². The number of benzene rings is 1. The summed E-state index contributed by atoms with van der Waals surface area (Å²) < 4.78 is 41.5. The molecule has 1 unspecified atom stereocenters. The van der Waals surface area contributed by atoms with E-state index in [4.69, 9.17) is 5.11 Å². The molecule has 3 rings (SSSR count). The first kappa shape index (κ1) is 15.2. The van der Waals surface area contributed by atoms with Gasteiger partial charge in [-0.3, -0.25) is 4.99 Å². The normalized spacial score (nSPS) is 20.1. The average Bonchev–Trinajstić information content (AvgIpc) is 2.53. The lowest BCUT2D eigenvalue weighted by Crippen LogP contribution is -2.49. The lowest BCUT2D eigenvalue weighted by molar-refractivity contribution is -0.168. The molecule has 1 aromatic heterocycles. The van der Waals surface area contributed by atoms with Crippen LogP contribution in [0.15, 0.2) is 47.6 Å². The standard InChI is InChI=1S/C16H11F3N2O2/c17-16(18,19)15(12-5-1-3-10(7-12)14(22)23)8-11-4-2-6-20-13(11)21-9-15/h1-8H,9H2,(H,22,23). The number of nitrogens with zero attached hydrogens (tertiary/aromatic N) is 2. The molecule has 1 aliphatic heterocycles. The maximum Gasteiger partial charge on any atom is 0.403 e. The van der Waals surface area contributed by atoms with Gasteiger partial charge in [0.15, 0.2) is 5.49 Å². The Balaban J connectivity index is 2.27. The lowest BCUT2D eigenvalue weighted by atomic mass is 9.77. The molecule has 0 saturated carbocycles. The van der Waals surface area contributed by atoms with E-state index >= 15 is 0 Å². The number of carboxylic acids is 1. The van der Waals surface area contributed by atoms with Gasteiger partial charge in [-0.25, -0.2) is 9.78 Å². The molecule has 0 aliphatic carbocycles. The first-order valence-corrected chi connectivity index (χ1v) is 6.72. The van der Waals surface area contributed by atoms with Crippen LogP contribution in [-0.4, -0.2) is 28.8 Å². The van der Waals surface area contributed by atoms with E-state index in [1.807, 2.05) is 0 Å². The third kappa shape index (κ3) is 2.48. The summed E-state index contributed by atoms with van der Waals surface area (Å²) in [6.45, 7) is -0.566. The molecule has 0 bridgehead atoms. The fraction of sp³-hybridized carbons (Fsp3) is 0.188. The SMILES string of the molecule is O=C(O)c1cccc(C2(C(F)(F)F)C=c3cccnc3=NC2)c1. The van der Waals surface area contributed by atoms with E-state index in [1.54, 1.807) is 0 Å². The Bertz CT molecular complexity index is 893. The molecule has 0 radical (unpaired) electrons. The topological polar surface area (TPSA) is 62.5 Å². The summed E-state index contributed by atoms with van der Waals surface area (Å²) in [5.41, 5.74) is -2.46. The van der Waals surface area contributed by atoms with Gasteiger partial charge in [0.1, 0.15) is 5.41 Å². The molecule has 0 amide bonds. The number of pyridine rings is 1. The second-order valence-electron chi connectivity index (χ2n) is 5.23. The zero-order valence-electron chi connectivity index (χ0n) is 11.7. The first-order chi connectivity index (χ1) is 10.8. The Hall–Kier alpha value is -2.70. The van der Waals surface area contributed by atoms with Gasteiger partial charge in [0.05, 0.1) is 12.1 Å². The second kappa shape index (κ2) is 5.19. The van der Waals surface area contributed by atoms with Crippen LogP contribution in [0.25, 0.3) is 6.08 Å². The highest BCUT2D eigenvalue weighted by Gasteiger charge is 2.55. The van der Waals surface area contributed by atoms with E-state index in [0.29, 0.717) is 0 Å². The summed E-state index contributed by atoms with van der Waals surface area (Å²) in [6, 6.07) is 7.91. The predicted molar refractivity (Wildman–Crippen MR) is 75.5 cm³/mol. The summed E-state index contributed by atoms with van der Waals surface area (Å²) in [7, 11) is 0. The number of rotatable bonds is 2. The van der Waals surface area contributed by atoms with Crippen LogP contribution in [0.4, 0.5) is 13.2 Å². The van der Waals surface area contributed by atoms with Crippen molar-refractivity contribution in [2.45, 2.75) is 11.6 Å². The van der Waals surface area contributed by atoms with Gasteiger partial charge in [-0.2, -0.15) is 13.2 Å². The highest BCUT2D eigenvalue weighted by atomic mass is 19.4. The van der Waals surface area contributed by atoms with Crippen molar-refractivity contribution >= 4 is 12.0 Å². The first-order valence-electron chi connectivity index (χ1n) is 6.72. The molecule has 2 heterocycles. The van der Waals surface area contributed by atoms with Crippen LogP contribution in [0.5, 0.6) is 0 Å².